The van der Waals surface area contributed by atoms with Crippen molar-refractivity contribution < 1.29 is 14.3 Å². The molecule has 0 fully saturated rings. The van der Waals surface area contributed by atoms with E-state index in [0.717, 1.165) is 0 Å². The Balaban J connectivity index is 2.63. The molecule has 0 spiro atoms. The van der Waals surface area contributed by atoms with E-state index < -0.39 is 11.5 Å². The number of carbonyl (C=O) groups excluding carboxylic acids is 2. The summed E-state index contributed by atoms with van der Waals surface area (Å²) >= 11 is 0. The monoisotopic (exact) mass is 279 g/mol. The van der Waals surface area contributed by atoms with E-state index in [2.05, 4.69) is 10.6 Å². The molecule has 0 heterocycles. The SMILES string of the molecule is CCOC(=O)Nc1ccc(NC(=O)C(C)(C)CN)cc1. The van der Waals surface area contributed by atoms with Gasteiger partial charge in [-0.15, -0.1) is 0 Å². The normalized spacial score (nSPS) is 10.8. The molecule has 2 amide bonds. The van der Waals surface area contributed by atoms with Crippen LogP contribution in [0.1, 0.15) is 20.8 Å². The van der Waals surface area contributed by atoms with Crippen molar-refractivity contribution in [3.05, 3.63) is 24.3 Å². The van der Waals surface area contributed by atoms with Crippen LogP contribution in [0.25, 0.3) is 0 Å². The third-order valence-electron chi connectivity index (χ3n) is 2.79. The van der Waals surface area contributed by atoms with Crippen LogP contribution in [0.3, 0.4) is 0 Å². The summed E-state index contributed by atoms with van der Waals surface area (Å²) in [6, 6.07) is 6.77. The first-order valence-corrected chi connectivity index (χ1v) is 6.44. The van der Waals surface area contributed by atoms with E-state index in [4.69, 9.17) is 10.5 Å². The Morgan fingerprint density at radius 1 is 1.15 bits per heavy atom. The molecule has 110 valence electrons. The van der Waals surface area contributed by atoms with Gasteiger partial charge in [-0.3, -0.25) is 10.1 Å². The van der Waals surface area contributed by atoms with Crippen molar-refractivity contribution in [1.29, 1.82) is 0 Å². The smallest absolute Gasteiger partial charge is 0.411 e. The van der Waals surface area contributed by atoms with Gasteiger partial charge in [0.25, 0.3) is 0 Å². The molecule has 0 radical (unpaired) electrons. The lowest BCUT2D eigenvalue weighted by Gasteiger charge is -2.21. The van der Waals surface area contributed by atoms with Crippen LogP contribution in [0.5, 0.6) is 0 Å². The second-order valence-corrected chi connectivity index (χ2v) is 4.96. The van der Waals surface area contributed by atoms with Gasteiger partial charge in [0.05, 0.1) is 12.0 Å². The van der Waals surface area contributed by atoms with Crippen molar-refractivity contribution in [2.75, 3.05) is 23.8 Å². The lowest BCUT2D eigenvalue weighted by Crippen LogP contribution is -2.37. The molecule has 0 aromatic heterocycles. The molecule has 1 rings (SSSR count). The zero-order valence-corrected chi connectivity index (χ0v) is 12.0. The van der Waals surface area contributed by atoms with E-state index in [-0.39, 0.29) is 12.5 Å². The first-order valence-electron chi connectivity index (χ1n) is 6.44. The van der Waals surface area contributed by atoms with Crippen LogP contribution in [0.15, 0.2) is 24.3 Å². The molecule has 1 aromatic carbocycles. The van der Waals surface area contributed by atoms with Gasteiger partial charge in [0.2, 0.25) is 5.91 Å². The fourth-order valence-corrected chi connectivity index (χ4v) is 1.31. The summed E-state index contributed by atoms with van der Waals surface area (Å²) < 4.78 is 4.77. The number of nitrogens with two attached hydrogens (primary N) is 1. The molecular weight excluding hydrogens is 258 g/mol. The van der Waals surface area contributed by atoms with Gasteiger partial charge in [0, 0.05) is 17.9 Å². The van der Waals surface area contributed by atoms with Gasteiger partial charge < -0.3 is 15.8 Å². The van der Waals surface area contributed by atoms with Gasteiger partial charge in [-0.05, 0) is 45.0 Å². The molecule has 0 bridgehead atoms. The highest BCUT2D eigenvalue weighted by Crippen LogP contribution is 2.18. The zero-order chi connectivity index (χ0) is 15.2. The van der Waals surface area contributed by atoms with Gasteiger partial charge in [-0.25, -0.2) is 4.79 Å². The maximum absolute atomic E-state index is 11.9. The summed E-state index contributed by atoms with van der Waals surface area (Å²) in [6.07, 6.45) is -0.506. The molecule has 1 aromatic rings. The van der Waals surface area contributed by atoms with Crippen molar-refractivity contribution in [2.45, 2.75) is 20.8 Å². The number of nitrogens with one attached hydrogen (secondary N) is 2. The predicted octanol–water partition coefficient (Wildman–Crippen LogP) is 2.18. The minimum absolute atomic E-state index is 0.147. The van der Waals surface area contributed by atoms with Crippen molar-refractivity contribution in [1.82, 2.24) is 0 Å². The Bertz CT molecular complexity index is 469. The van der Waals surface area contributed by atoms with Gasteiger partial charge >= 0.3 is 6.09 Å². The minimum Gasteiger partial charge on any atom is -0.450 e. The number of ether oxygens (including phenoxy) is 1. The first-order chi connectivity index (χ1) is 9.39. The Labute approximate surface area is 118 Å². The molecule has 6 heteroatoms. The molecule has 0 saturated carbocycles. The molecular formula is C14H21N3O3. The summed E-state index contributed by atoms with van der Waals surface area (Å²) in [4.78, 5) is 23.2. The van der Waals surface area contributed by atoms with E-state index in [0.29, 0.717) is 18.0 Å². The third-order valence-corrected chi connectivity index (χ3v) is 2.79. The maximum atomic E-state index is 11.9. The van der Waals surface area contributed by atoms with Crippen molar-refractivity contribution in [3.8, 4) is 0 Å². The molecule has 0 saturated heterocycles. The molecule has 0 atom stereocenters. The number of amides is 2. The third kappa shape index (κ3) is 4.55. The second-order valence-electron chi connectivity index (χ2n) is 4.96. The van der Waals surface area contributed by atoms with Crippen molar-refractivity contribution >= 4 is 23.4 Å². The molecule has 0 aliphatic rings. The summed E-state index contributed by atoms with van der Waals surface area (Å²) in [5.41, 5.74) is 6.16. The van der Waals surface area contributed by atoms with Crippen molar-refractivity contribution in [2.24, 2.45) is 11.1 Å². The quantitative estimate of drug-likeness (QED) is 0.770. The minimum atomic E-state index is -0.623. The standard InChI is InChI=1S/C14H21N3O3/c1-4-20-13(19)17-11-7-5-10(6-8-11)16-12(18)14(2,3)9-15/h5-8H,4,9,15H2,1-3H3,(H,16,18)(H,17,19). The Morgan fingerprint density at radius 2 is 1.65 bits per heavy atom. The number of benzene rings is 1. The summed E-state index contributed by atoms with van der Waals surface area (Å²) in [5, 5.41) is 5.35. The van der Waals surface area contributed by atoms with Gasteiger partial charge in [0.15, 0.2) is 0 Å². The van der Waals surface area contributed by atoms with Crippen LogP contribution in [-0.4, -0.2) is 25.2 Å². The van der Waals surface area contributed by atoms with Gasteiger partial charge in [-0.1, -0.05) is 0 Å². The number of rotatable bonds is 5. The van der Waals surface area contributed by atoms with Crippen LogP contribution in [0, 0.1) is 5.41 Å². The van der Waals surface area contributed by atoms with Crippen LogP contribution < -0.4 is 16.4 Å². The number of carbonyl (C=O) groups is 2. The van der Waals surface area contributed by atoms with E-state index in [1.807, 2.05) is 0 Å². The van der Waals surface area contributed by atoms with Crippen LogP contribution >= 0.6 is 0 Å². The fourth-order valence-electron chi connectivity index (χ4n) is 1.31. The van der Waals surface area contributed by atoms with Crippen molar-refractivity contribution in [3.63, 3.8) is 0 Å². The van der Waals surface area contributed by atoms with Crippen LogP contribution in [0.2, 0.25) is 0 Å². The fraction of sp³-hybridized carbons (Fsp3) is 0.429. The van der Waals surface area contributed by atoms with E-state index >= 15 is 0 Å². The summed E-state index contributed by atoms with van der Waals surface area (Å²) in [7, 11) is 0. The lowest BCUT2D eigenvalue weighted by atomic mass is 9.92. The predicted molar refractivity (Wildman–Crippen MR) is 78.6 cm³/mol. The zero-order valence-electron chi connectivity index (χ0n) is 12.0. The van der Waals surface area contributed by atoms with E-state index in [9.17, 15) is 9.59 Å². The first kappa shape index (κ1) is 16.0. The Kier molecular flexibility index (Phi) is 5.52. The molecule has 4 N–H and O–H groups in total. The van der Waals surface area contributed by atoms with Crippen LogP contribution in [-0.2, 0) is 9.53 Å². The summed E-state index contributed by atoms with van der Waals surface area (Å²) in [6.45, 7) is 5.87. The topological polar surface area (TPSA) is 93.5 Å². The lowest BCUT2D eigenvalue weighted by molar-refractivity contribution is -0.123. The Hall–Kier alpha value is -2.08. The average Bonchev–Trinajstić information content (AvgIpc) is 2.41. The van der Waals surface area contributed by atoms with Gasteiger partial charge in [0.1, 0.15) is 0 Å². The Morgan fingerprint density at radius 3 is 2.10 bits per heavy atom. The molecule has 6 nitrogen and oxygen atoms in total. The molecule has 0 aliphatic carbocycles. The summed E-state index contributed by atoms with van der Waals surface area (Å²) in [5.74, 6) is -0.147. The number of hydrogen-bond donors (Lipinski definition) is 3. The van der Waals surface area contributed by atoms with Crippen LogP contribution in [0.4, 0.5) is 16.2 Å². The number of anilines is 2. The second kappa shape index (κ2) is 6.91. The van der Waals surface area contributed by atoms with E-state index in [1.54, 1.807) is 45.0 Å². The largest absolute Gasteiger partial charge is 0.450 e. The molecule has 20 heavy (non-hydrogen) atoms. The highest BCUT2D eigenvalue weighted by atomic mass is 16.5. The van der Waals surface area contributed by atoms with E-state index in [1.165, 1.54) is 0 Å². The maximum Gasteiger partial charge on any atom is 0.411 e. The number of hydrogen-bond acceptors (Lipinski definition) is 4. The molecule has 0 unspecified atom stereocenters. The highest BCUT2D eigenvalue weighted by molar-refractivity contribution is 5.95. The average molecular weight is 279 g/mol. The highest BCUT2D eigenvalue weighted by Gasteiger charge is 2.25. The van der Waals surface area contributed by atoms with Gasteiger partial charge in [-0.2, -0.15) is 0 Å². The molecule has 0 aliphatic heterocycles.